The Bertz CT molecular complexity index is 676. The number of Topliss-reactive ketones (excluding diaryl/α,β-unsaturated/α-hetero) is 1. The summed E-state index contributed by atoms with van der Waals surface area (Å²) in [5.74, 6) is 0.139. The summed E-state index contributed by atoms with van der Waals surface area (Å²) in [7, 11) is 3.04. The van der Waals surface area contributed by atoms with Crippen LogP contribution >= 0.6 is 0 Å². The molecule has 6 nitrogen and oxygen atoms in total. The van der Waals surface area contributed by atoms with Crippen LogP contribution in [-0.2, 0) is 19.1 Å². The van der Waals surface area contributed by atoms with E-state index in [-0.39, 0.29) is 12.4 Å². The Morgan fingerprint density at radius 3 is 2.46 bits per heavy atom. The molecule has 24 heavy (non-hydrogen) atoms. The fourth-order valence-electron chi connectivity index (χ4n) is 3.04. The first-order valence-corrected chi connectivity index (χ1v) is 7.72. The minimum atomic E-state index is -0.926. The molecule has 2 rings (SSSR count). The fourth-order valence-corrected chi connectivity index (χ4v) is 3.04. The average Bonchev–Trinajstić information content (AvgIpc) is 2.91. The van der Waals surface area contributed by atoms with Gasteiger partial charge < -0.3 is 18.9 Å². The Morgan fingerprint density at radius 1 is 1.21 bits per heavy atom. The minimum Gasteiger partial charge on any atom is -0.493 e. The molecule has 1 heterocycles. The maximum absolute atomic E-state index is 12.3. The zero-order valence-electron chi connectivity index (χ0n) is 14.5. The summed E-state index contributed by atoms with van der Waals surface area (Å²) in [6.45, 7) is 5.08. The SMILES string of the molecule is CCOC(=O)[C@H]1OC(C)=C(C(C)=O)[C@@H]1c1cccc(OC)c1OC. The third-order valence-corrected chi connectivity index (χ3v) is 3.96. The van der Waals surface area contributed by atoms with Crippen molar-refractivity contribution >= 4 is 11.8 Å². The molecule has 0 spiro atoms. The summed E-state index contributed by atoms with van der Waals surface area (Å²) in [6, 6.07) is 5.33. The van der Waals surface area contributed by atoms with E-state index >= 15 is 0 Å². The molecule has 2 atom stereocenters. The van der Waals surface area contributed by atoms with Crippen LogP contribution in [0.25, 0.3) is 0 Å². The largest absolute Gasteiger partial charge is 0.493 e. The highest BCUT2D eigenvalue weighted by Crippen LogP contribution is 2.45. The van der Waals surface area contributed by atoms with Gasteiger partial charge in [0.1, 0.15) is 5.76 Å². The number of allylic oxidation sites excluding steroid dienone is 1. The van der Waals surface area contributed by atoms with Gasteiger partial charge in [0.15, 0.2) is 17.3 Å². The summed E-state index contributed by atoms with van der Waals surface area (Å²) >= 11 is 0. The first-order chi connectivity index (χ1) is 11.5. The van der Waals surface area contributed by atoms with E-state index in [0.29, 0.717) is 28.4 Å². The molecule has 0 aliphatic carbocycles. The highest BCUT2D eigenvalue weighted by Gasteiger charge is 2.45. The molecule has 1 aliphatic rings. The number of para-hydroxylation sites is 1. The van der Waals surface area contributed by atoms with E-state index < -0.39 is 18.0 Å². The highest BCUT2D eigenvalue weighted by atomic mass is 16.6. The lowest BCUT2D eigenvalue weighted by Crippen LogP contribution is -2.30. The van der Waals surface area contributed by atoms with Crippen LogP contribution in [0, 0.1) is 0 Å². The van der Waals surface area contributed by atoms with Gasteiger partial charge >= 0.3 is 5.97 Å². The molecule has 0 unspecified atom stereocenters. The molecule has 0 radical (unpaired) electrons. The zero-order chi connectivity index (χ0) is 17.9. The molecule has 130 valence electrons. The van der Waals surface area contributed by atoms with Gasteiger partial charge in [-0.2, -0.15) is 0 Å². The summed E-state index contributed by atoms with van der Waals surface area (Å²) in [5.41, 5.74) is 1.09. The van der Waals surface area contributed by atoms with Crippen LogP contribution in [0.2, 0.25) is 0 Å². The quantitative estimate of drug-likeness (QED) is 0.745. The number of ketones is 1. The maximum atomic E-state index is 12.3. The van der Waals surface area contributed by atoms with Crippen molar-refractivity contribution in [3.63, 3.8) is 0 Å². The second kappa shape index (κ2) is 7.38. The predicted molar refractivity (Wildman–Crippen MR) is 87.2 cm³/mol. The fraction of sp³-hybridized carbons (Fsp3) is 0.444. The predicted octanol–water partition coefficient (Wildman–Crippen LogP) is 2.61. The molecule has 0 amide bonds. The number of carbonyl (C=O) groups excluding carboxylic acids is 2. The summed E-state index contributed by atoms with van der Waals surface area (Å²) < 4.78 is 21.6. The van der Waals surface area contributed by atoms with Gasteiger partial charge in [-0.3, -0.25) is 4.79 Å². The number of rotatable bonds is 6. The molecular formula is C18H22O6. The normalized spacial score (nSPS) is 19.7. The number of hydrogen-bond donors (Lipinski definition) is 0. The highest BCUT2D eigenvalue weighted by molar-refractivity contribution is 5.98. The Morgan fingerprint density at radius 2 is 1.92 bits per heavy atom. The average molecular weight is 334 g/mol. The topological polar surface area (TPSA) is 71.1 Å². The van der Waals surface area contributed by atoms with E-state index in [4.69, 9.17) is 18.9 Å². The second-order valence-corrected chi connectivity index (χ2v) is 5.38. The van der Waals surface area contributed by atoms with Crippen molar-refractivity contribution in [2.45, 2.75) is 32.8 Å². The monoisotopic (exact) mass is 334 g/mol. The molecule has 0 fully saturated rings. The number of carbonyl (C=O) groups is 2. The number of ether oxygens (including phenoxy) is 4. The van der Waals surface area contributed by atoms with Crippen LogP contribution in [-0.4, -0.2) is 38.7 Å². The van der Waals surface area contributed by atoms with Gasteiger partial charge in [0.2, 0.25) is 6.10 Å². The minimum absolute atomic E-state index is 0.158. The Balaban J connectivity index is 2.60. The van der Waals surface area contributed by atoms with Crippen LogP contribution in [0.5, 0.6) is 11.5 Å². The standard InChI is InChI=1S/C18H22O6/c1-6-23-18(20)17-15(14(10(2)19)11(3)24-17)12-8-7-9-13(21-4)16(12)22-5/h7-9,15,17H,6H2,1-5H3/t15-,17-/m0/s1. The van der Waals surface area contributed by atoms with Crippen molar-refractivity contribution in [3.05, 3.63) is 35.1 Å². The molecule has 6 heteroatoms. The third-order valence-electron chi connectivity index (χ3n) is 3.96. The number of benzene rings is 1. The van der Waals surface area contributed by atoms with Gasteiger partial charge in [0.05, 0.1) is 26.7 Å². The number of hydrogen-bond acceptors (Lipinski definition) is 6. The maximum Gasteiger partial charge on any atom is 0.348 e. The van der Waals surface area contributed by atoms with Gasteiger partial charge in [0, 0.05) is 11.1 Å². The third kappa shape index (κ3) is 3.09. The lowest BCUT2D eigenvalue weighted by Gasteiger charge is -2.22. The first kappa shape index (κ1) is 17.8. The lowest BCUT2D eigenvalue weighted by atomic mass is 9.85. The molecule has 1 aromatic rings. The van der Waals surface area contributed by atoms with E-state index in [1.54, 1.807) is 32.0 Å². The van der Waals surface area contributed by atoms with Crippen LogP contribution in [0.1, 0.15) is 32.3 Å². The Hall–Kier alpha value is -2.50. The van der Waals surface area contributed by atoms with Crippen LogP contribution in [0.3, 0.4) is 0 Å². The van der Waals surface area contributed by atoms with Crippen LogP contribution < -0.4 is 9.47 Å². The van der Waals surface area contributed by atoms with Crippen molar-refractivity contribution in [3.8, 4) is 11.5 Å². The molecule has 1 aromatic carbocycles. The van der Waals surface area contributed by atoms with Gasteiger partial charge in [-0.15, -0.1) is 0 Å². The van der Waals surface area contributed by atoms with Gasteiger partial charge in [-0.25, -0.2) is 4.79 Å². The Kier molecular flexibility index (Phi) is 5.49. The first-order valence-electron chi connectivity index (χ1n) is 7.72. The van der Waals surface area contributed by atoms with Gasteiger partial charge in [-0.1, -0.05) is 12.1 Å². The van der Waals surface area contributed by atoms with E-state index in [1.165, 1.54) is 21.1 Å². The molecular weight excluding hydrogens is 312 g/mol. The van der Waals surface area contributed by atoms with Crippen molar-refractivity contribution in [2.75, 3.05) is 20.8 Å². The van der Waals surface area contributed by atoms with E-state index in [9.17, 15) is 9.59 Å². The molecule has 0 bridgehead atoms. The van der Waals surface area contributed by atoms with Crippen molar-refractivity contribution in [2.24, 2.45) is 0 Å². The van der Waals surface area contributed by atoms with Crippen molar-refractivity contribution in [1.29, 1.82) is 0 Å². The van der Waals surface area contributed by atoms with E-state index in [1.807, 2.05) is 0 Å². The van der Waals surface area contributed by atoms with Crippen LogP contribution in [0.15, 0.2) is 29.5 Å². The molecule has 1 aliphatic heterocycles. The summed E-state index contributed by atoms with van der Waals surface area (Å²) in [4.78, 5) is 24.5. The summed E-state index contributed by atoms with van der Waals surface area (Å²) in [5, 5.41) is 0. The van der Waals surface area contributed by atoms with Crippen molar-refractivity contribution < 1.29 is 28.5 Å². The molecule has 0 saturated carbocycles. The molecule has 0 N–H and O–H groups in total. The number of esters is 1. The van der Waals surface area contributed by atoms with Crippen molar-refractivity contribution in [1.82, 2.24) is 0 Å². The van der Waals surface area contributed by atoms with Gasteiger partial charge in [0.25, 0.3) is 0 Å². The molecule has 0 aromatic heterocycles. The van der Waals surface area contributed by atoms with E-state index in [0.717, 1.165) is 0 Å². The molecule has 0 saturated heterocycles. The smallest absolute Gasteiger partial charge is 0.348 e. The van der Waals surface area contributed by atoms with Gasteiger partial charge in [-0.05, 0) is 26.8 Å². The van der Waals surface area contributed by atoms with E-state index in [2.05, 4.69) is 0 Å². The number of methoxy groups -OCH3 is 2. The second-order valence-electron chi connectivity index (χ2n) is 5.38. The summed E-state index contributed by atoms with van der Waals surface area (Å²) in [6.07, 6.45) is -0.926. The zero-order valence-corrected chi connectivity index (χ0v) is 14.5. The Labute approximate surface area is 141 Å². The lowest BCUT2D eigenvalue weighted by molar-refractivity contribution is -0.153. The van der Waals surface area contributed by atoms with Crippen LogP contribution in [0.4, 0.5) is 0 Å².